The van der Waals surface area contributed by atoms with Gasteiger partial charge in [-0.25, -0.2) is 0 Å². The van der Waals surface area contributed by atoms with Crippen LogP contribution in [0.5, 0.6) is 0 Å². The van der Waals surface area contributed by atoms with Crippen molar-refractivity contribution < 1.29 is 0 Å². The van der Waals surface area contributed by atoms with Crippen LogP contribution in [-0.2, 0) is 0 Å². The van der Waals surface area contributed by atoms with Crippen molar-refractivity contribution in [3.8, 4) is 0 Å². The second-order valence-corrected chi connectivity index (χ2v) is 8.80. The van der Waals surface area contributed by atoms with E-state index in [1.165, 1.54) is 51.5 Å². The highest BCUT2D eigenvalue weighted by Crippen LogP contribution is 2.29. The van der Waals surface area contributed by atoms with E-state index in [0.29, 0.717) is 12.1 Å². The van der Waals surface area contributed by atoms with E-state index in [-0.39, 0.29) is 11.1 Å². The molecular formula is C18H37N3. The molecule has 0 aromatic heterocycles. The largest absolute Gasteiger partial charge is 0.314 e. The second-order valence-electron chi connectivity index (χ2n) is 8.80. The lowest BCUT2D eigenvalue weighted by Gasteiger charge is -2.47. The van der Waals surface area contributed by atoms with Gasteiger partial charge in [0.2, 0.25) is 0 Å². The highest BCUT2D eigenvalue weighted by molar-refractivity contribution is 5.00. The molecule has 0 amide bonds. The molecule has 2 fully saturated rings. The van der Waals surface area contributed by atoms with Gasteiger partial charge in [0.1, 0.15) is 0 Å². The molecule has 0 bridgehead atoms. The molecule has 21 heavy (non-hydrogen) atoms. The van der Waals surface area contributed by atoms with Crippen LogP contribution in [0.3, 0.4) is 0 Å². The van der Waals surface area contributed by atoms with E-state index in [0.717, 1.165) is 6.04 Å². The van der Waals surface area contributed by atoms with Crippen molar-refractivity contribution in [3.05, 3.63) is 0 Å². The van der Waals surface area contributed by atoms with Gasteiger partial charge < -0.3 is 16.0 Å². The molecule has 0 radical (unpaired) electrons. The predicted octanol–water partition coefficient (Wildman–Crippen LogP) is 3.20. The van der Waals surface area contributed by atoms with E-state index in [9.17, 15) is 0 Å². The van der Waals surface area contributed by atoms with Gasteiger partial charge in [0.15, 0.2) is 0 Å². The summed E-state index contributed by atoms with van der Waals surface area (Å²) in [6, 6.07) is 1.96. The maximum Gasteiger partial charge on any atom is 0.0144 e. The highest BCUT2D eigenvalue weighted by atomic mass is 15.1. The number of piperidine rings is 1. The van der Waals surface area contributed by atoms with Gasteiger partial charge in [-0.2, -0.15) is 0 Å². The Morgan fingerprint density at radius 2 is 1.71 bits per heavy atom. The maximum absolute atomic E-state index is 3.92. The molecule has 2 rings (SSSR count). The van der Waals surface area contributed by atoms with E-state index < -0.39 is 0 Å². The first-order chi connectivity index (χ1) is 9.76. The summed E-state index contributed by atoms with van der Waals surface area (Å²) in [5.41, 5.74) is 0.472. The third kappa shape index (κ3) is 5.88. The van der Waals surface area contributed by atoms with Crippen LogP contribution in [0, 0.1) is 0 Å². The van der Waals surface area contributed by atoms with Gasteiger partial charge in [0, 0.05) is 29.2 Å². The zero-order chi connectivity index (χ0) is 15.5. The smallest absolute Gasteiger partial charge is 0.0144 e. The minimum absolute atomic E-state index is 0.236. The summed E-state index contributed by atoms with van der Waals surface area (Å²) in [5.74, 6) is 0. The van der Waals surface area contributed by atoms with Gasteiger partial charge in [-0.05, 0) is 73.3 Å². The summed E-state index contributed by atoms with van der Waals surface area (Å²) in [5, 5.41) is 11.4. The monoisotopic (exact) mass is 295 g/mol. The fraction of sp³-hybridized carbons (Fsp3) is 1.00. The summed E-state index contributed by atoms with van der Waals surface area (Å²) in [6.07, 6.45) is 9.23. The summed E-state index contributed by atoms with van der Waals surface area (Å²) >= 11 is 0. The van der Waals surface area contributed by atoms with E-state index in [4.69, 9.17) is 0 Å². The molecule has 2 atom stereocenters. The summed E-state index contributed by atoms with van der Waals surface area (Å²) < 4.78 is 0. The molecule has 2 saturated heterocycles. The van der Waals surface area contributed by atoms with E-state index in [1.54, 1.807) is 0 Å². The Morgan fingerprint density at radius 3 is 2.38 bits per heavy atom. The molecule has 0 aromatic rings. The fourth-order valence-corrected chi connectivity index (χ4v) is 4.64. The molecule has 0 saturated carbocycles. The topological polar surface area (TPSA) is 36.1 Å². The van der Waals surface area contributed by atoms with E-state index in [2.05, 4.69) is 50.6 Å². The van der Waals surface area contributed by atoms with Gasteiger partial charge in [-0.15, -0.1) is 0 Å². The van der Waals surface area contributed by atoms with Crippen LogP contribution in [-0.4, -0.2) is 35.7 Å². The van der Waals surface area contributed by atoms with Crippen molar-refractivity contribution in [3.63, 3.8) is 0 Å². The Hall–Kier alpha value is -0.120. The third-order valence-corrected chi connectivity index (χ3v) is 5.01. The Bertz CT molecular complexity index is 300. The molecule has 2 heterocycles. The standard InChI is InChI=1S/C18H37N3/c1-14(11-15-9-7-6-8-10-19-15)20-16-12-17(2,3)21-18(4,5)13-16/h14-16,19-21H,6-13H2,1-5H3. The van der Waals surface area contributed by atoms with Gasteiger partial charge in [0.05, 0.1) is 0 Å². The number of hydrogen-bond acceptors (Lipinski definition) is 3. The quantitative estimate of drug-likeness (QED) is 0.745. The van der Waals surface area contributed by atoms with Crippen LogP contribution < -0.4 is 16.0 Å². The van der Waals surface area contributed by atoms with Crippen molar-refractivity contribution in [2.24, 2.45) is 0 Å². The molecule has 3 nitrogen and oxygen atoms in total. The van der Waals surface area contributed by atoms with Gasteiger partial charge in [0.25, 0.3) is 0 Å². The minimum Gasteiger partial charge on any atom is -0.314 e. The van der Waals surface area contributed by atoms with Gasteiger partial charge in [-0.3, -0.25) is 0 Å². The van der Waals surface area contributed by atoms with Crippen molar-refractivity contribution in [1.82, 2.24) is 16.0 Å². The lowest BCUT2D eigenvalue weighted by Crippen LogP contribution is -2.62. The average Bonchev–Trinajstić information content (AvgIpc) is 2.52. The van der Waals surface area contributed by atoms with Crippen LogP contribution in [0.25, 0.3) is 0 Å². The lowest BCUT2D eigenvalue weighted by atomic mass is 9.79. The normalized spacial score (nSPS) is 31.6. The molecular weight excluding hydrogens is 258 g/mol. The second kappa shape index (κ2) is 6.97. The van der Waals surface area contributed by atoms with Crippen LogP contribution in [0.2, 0.25) is 0 Å². The molecule has 0 spiro atoms. The zero-order valence-corrected chi connectivity index (χ0v) is 14.9. The zero-order valence-electron chi connectivity index (χ0n) is 14.9. The van der Waals surface area contributed by atoms with E-state index in [1.807, 2.05) is 0 Å². The first kappa shape index (κ1) is 17.2. The van der Waals surface area contributed by atoms with Crippen LogP contribution in [0.4, 0.5) is 0 Å². The fourth-order valence-electron chi connectivity index (χ4n) is 4.64. The van der Waals surface area contributed by atoms with Crippen LogP contribution in [0.1, 0.15) is 79.6 Å². The Morgan fingerprint density at radius 1 is 1.05 bits per heavy atom. The number of rotatable bonds is 4. The molecule has 2 aliphatic rings. The lowest BCUT2D eigenvalue weighted by molar-refractivity contribution is 0.138. The molecule has 2 unspecified atom stereocenters. The van der Waals surface area contributed by atoms with Crippen molar-refractivity contribution >= 4 is 0 Å². The first-order valence-electron chi connectivity index (χ1n) is 9.05. The summed E-state index contributed by atoms with van der Waals surface area (Å²) in [7, 11) is 0. The molecule has 2 aliphatic heterocycles. The number of nitrogens with one attached hydrogen (secondary N) is 3. The van der Waals surface area contributed by atoms with Crippen molar-refractivity contribution in [2.75, 3.05) is 6.54 Å². The predicted molar refractivity (Wildman–Crippen MR) is 91.8 cm³/mol. The maximum atomic E-state index is 3.92. The van der Waals surface area contributed by atoms with Crippen LogP contribution in [0.15, 0.2) is 0 Å². The van der Waals surface area contributed by atoms with Gasteiger partial charge in [-0.1, -0.05) is 12.8 Å². The molecule has 0 aliphatic carbocycles. The SMILES string of the molecule is CC(CC1CCCCCN1)NC1CC(C)(C)NC(C)(C)C1. The Kier molecular flexibility index (Phi) is 5.72. The minimum atomic E-state index is 0.236. The van der Waals surface area contributed by atoms with Crippen LogP contribution >= 0.6 is 0 Å². The van der Waals surface area contributed by atoms with Gasteiger partial charge >= 0.3 is 0 Å². The highest BCUT2D eigenvalue weighted by Gasteiger charge is 2.37. The Labute approximate surface area is 132 Å². The summed E-state index contributed by atoms with van der Waals surface area (Å²) in [4.78, 5) is 0. The third-order valence-electron chi connectivity index (χ3n) is 5.01. The molecule has 124 valence electrons. The molecule has 3 N–H and O–H groups in total. The van der Waals surface area contributed by atoms with Crippen molar-refractivity contribution in [1.29, 1.82) is 0 Å². The summed E-state index contributed by atoms with van der Waals surface area (Å²) in [6.45, 7) is 12.9. The molecule has 3 heteroatoms. The first-order valence-corrected chi connectivity index (χ1v) is 9.05. The Balaban J connectivity index is 1.82. The van der Waals surface area contributed by atoms with Crippen molar-refractivity contribution in [2.45, 2.75) is 109 Å². The average molecular weight is 296 g/mol. The van der Waals surface area contributed by atoms with E-state index >= 15 is 0 Å². The number of hydrogen-bond donors (Lipinski definition) is 3. The molecule has 0 aromatic carbocycles.